The summed E-state index contributed by atoms with van der Waals surface area (Å²) in [5.74, 6) is 0.502. The molecule has 3 nitrogen and oxygen atoms in total. The van der Waals surface area contributed by atoms with E-state index in [1.165, 1.54) is 12.8 Å². The number of halogens is 2. The average molecular weight is 313 g/mol. The van der Waals surface area contributed by atoms with Crippen molar-refractivity contribution in [2.45, 2.75) is 44.8 Å². The van der Waals surface area contributed by atoms with Gasteiger partial charge in [0.05, 0.1) is 39.6 Å². The third-order valence-corrected chi connectivity index (χ3v) is 5.04. The van der Waals surface area contributed by atoms with Crippen LogP contribution >= 0.6 is 23.2 Å². The van der Waals surface area contributed by atoms with Crippen LogP contribution < -0.4 is 0 Å². The molecule has 3 rings (SSSR count). The van der Waals surface area contributed by atoms with Gasteiger partial charge in [-0.05, 0) is 37.8 Å². The molecule has 1 aliphatic rings. The molecule has 1 heterocycles. The molecule has 0 saturated heterocycles. The zero-order valence-electron chi connectivity index (χ0n) is 11.4. The Balaban J connectivity index is 2.08. The number of aliphatic hydroxyl groups excluding tert-OH is 1. The molecule has 1 aromatic carbocycles. The van der Waals surface area contributed by atoms with Crippen molar-refractivity contribution in [2.75, 3.05) is 0 Å². The second-order valence-corrected chi connectivity index (χ2v) is 6.50. The predicted octanol–water partition coefficient (Wildman–Crippen LogP) is 4.46. The first-order valence-electron chi connectivity index (χ1n) is 7.07. The molecule has 108 valence electrons. The standard InChI is InChI=1S/C15H18Cl2N2O/c1-9(20)15(10-4-2-3-5-10)19-8-18-13-6-11(16)12(17)7-14(13)19/h6-10,15,20H,2-5H2,1H3. The van der Waals surface area contributed by atoms with E-state index < -0.39 is 6.10 Å². The Kier molecular flexibility index (Phi) is 3.93. The predicted molar refractivity (Wildman–Crippen MR) is 82.4 cm³/mol. The Morgan fingerprint density at radius 3 is 2.55 bits per heavy atom. The molecule has 1 N–H and O–H groups in total. The van der Waals surface area contributed by atoms with Crippen LogP contribution in [0.4, 0.5) is 0 Å². The summed E-state index contributed by atoms with van der Waals surface area (Å²) >= 11 is 12.2. The van der Waals surface area contributed by atoms with Gasteiger partial charge in [0.2, 0.25) is 0 Å². The van der Waals surface area contributed by atoms with Crippen molar-refractivity contribution >= 4 is 34.2 Å². The summed E-state index contributed by atoms with van der Waals surface area (Å²) < 4.78 is 2.07. The van der Waals surface area contributed by atoms with Crippen LogP contribution in [0, 0.1) is 5.92 Å². The summed E-state index contributed by atoms with van der Waals surface area (Å²) in [5, 5.41) is 11.3. The molecular weight excluding hydrogens is 295 g/mol. The highest BCUT2D eigenvalue weighted by Crippen LogP contribution is 2.38. The summed E-state index contributed by atoms with van der Waals surface area (Å²) in [6, 6.07) is 3.68. The van der Waals surface area contributed by atoms with Crippen molar-refractivity contribution in [3.8, 4) is 0 Å². The second kappa shape index (κ2) is 5.55. The highest BCUT2D eigenvalue weighted by molar-refractivity contribution is 6.42. The van der Waals surface area contributed by atoms with E-state index in [0.717, 1.165) is 23.9 Å². The molecule has 0 amide bonds. The van der Waals surface area contributed by atoms with E-state index in [1.54, 1.807) is 12.4 Å². The molecule has 5 heteroatoms. The monoisotopic (exact) mass is 312 g/mol. The number of fused-ring (bicyclic) bond motifs is 1. The normalized spacial score (nSPS) is 19.6. The van der Waals surface area contributed by atoms with Crippen molar-refractivity contribution in [3.05, 3.63) is 28.5 Å². The van der Waals surface area contributed by atoms with Crippen LogP contribution in [0.1, 0.15) is 38.6 Å². The lowest BCUT2D eigenvalue weighted by molar-refractivity contribution is 0.0971. The van der Waals surface area contributed by atoms with Gasteiger partial charge in [0, 0.05) is 0 Å². The van der Waals surface area contributed by atoms with Crippen LogP contribution in [0.15, 0.2) is 18.5 Å². The first-order chi connectivity index (χ1) is 9.58. The number of nitrogens with zero attached hydrogens (tertiary/aromatic N) is 2. The Morgan fingerprint density at radius 2 is 1.90 bits per heavy atom. The Hall–Kier alpha value is -0.770. The van der Waals surface area contributed by atoms with Crippen LogP contribution in [-0.2, 0) is 0 Å². The van der Waals surface area contributed by atoms with Gasteiger partial charge in [-0.2, -0.15) is 0 Å². The first-order valence-corrected chi connectivity index (χ1v) is 7.83. The van der Waals surface area contributed by atoms with Gasteiger partial charge in [-0.3, -0.25) is 0 Å². The number of aliphatic hydroxyl groups is 1. The van der Waals surface area contributed by atoms with Gasteiger partial charge in [-0.1, -0.05) is 36.0 Å². The molecule has 1 aromatic heterocycles. The fourth-order valence-corrected chi connectivity index (χ4v) is 3.73. The van der Waals surface area contributed by atoms with Crippen molar-refractivity contribution in [1.29, 1.82) is 0 Å². The molecule has 2 aromatic rings. The molecule has 0 bridgehead atoms. The molecule has 0 aliphatic heterocycles. The van der Waals surface area contributed by atoms with E-state index in [9.17, 15) is 5.11 Å². The molecule has 20 heavy (non-hydrogen) atoms. The van der Waals surface area contributed by atoms with Crippen molar-refractivity contribution in [3.63, 3.8) is 0 Å². The SMILES string of the molecule is CC(O)C(C1CCCC1)n1cnc2cc(Cl)c(Cl)cc21. The van der Waals surface area contributed by atoms with Gasteiger partial charge in [0.25, 0.3) is 0 Å². The van der Waals surface area contributed by atoms with E-state index in [-0.39, 0.29) is 6.04 Å². The lowest BCUT2D eigenvalue weighted by Crippen LogP contribution is -2.27. The van der Waals surface area contributed by atoms with E-state index >= 15 is 0 Å². The van der Waals surface area contributed by atoms with Crippen LogP contribution in [-0.4, -0.2) is 20.8 Å². The van der Waals surface area contributed by atoms with Gasteiger partial charge in [-0.15, -0.1) is 0 Å². The maximum absolute atomic E-state index is 10.2. The Labute approximate surface area is 128 Å². The summed E-state index contributed by atoms with van der Waals surface area (Å²) in [4.78, 5) is 4.40. The molecule has 1 saturated carbocycles. The number of rotatable bonds is 3. The zero-order chi connectivity index (χ0) is 14.3. The topological polar surface area (TPSA) is 38.0 Å². The Morgan fingerprint density at radius 1 is 1.25 bits per heavy atom. The van der Waals surface area contributed by atoms with Gasteiger partial charge in [-0.25, -0.2) is 4.98 Å². The molecule has 0 spiro atoms. The lowest BCUT2D eigenvalue weighted by Gasteiger charge is -2.28. The number of aromatic nitrogens is 2. The second-order valence-electron chi connectivity index (χ2n) is 5.68. The van der Waals surface area contributed by atoms with E-state index in [4.69, 9.17) is 23.2 Å². The van der Waals surface area contributed by atoms with Crippen molar-refractivity contribution in [1.82, 2.24) is 9.55 Å². The largest absolute Gasteiger partial charge is 0.391 e. The van der Waals surface area contributed by atoms with Gasteiger partial charge in [0.15, 0.2) is 0 Å². The molecule has 2 atom stereocenters. The molecular formula is C15H18Cl2N2O. The maximum atomic E-state index is 10.2. The van der Waals surface area contributed by atoms with Crippen LogP contribution in [0.25, 0.3) is 11.0 Å². The minimum absolute atomic E-state index is 0.0553. The third kappa shape index (κ3) is 2.43. The average Bonchev–Trinajstić information content (AvgIpc) is 3.02. The number of hydrogen-bond acceptors (Lipinski definition) is 2. The summed E-state index contributed by atoms with van der Waals surface area (Å²) in [6.07, 6.45) is 6.20. The van der Waals surface area contributed by atoms with Gasteiger partial charge >= 0.3 is 0 Å². The lowest BCUT2D eigenvalue weighted by atomic mass is 9.93. The fraction of sp³-hybridized carbons (Fsp3) is 0.533. The number of benzene rings is 1. The van der Waals surface area contributed by atoms with Crippen LogP contribution in [0.3, 0.4) is 0 Å². The Bertz CT molecular complexity index is 618. The highest BCUT2D eigenvalue weighted by Gasteiger charge is 2.30. The smallest absolute Gasteiger partial charge is 0.0961 e. The van der Waals surface area contributed by atoms with Gasteiger partial charge < -0.3 is 9.67 Å². The van der Waals surface area contributed by atoms with Crippen molar-refractivity contribution in [2.24, 2.45) is 5.92 Å². The number of imidazole rings is 1. The first kappa shape index (κ1) is 14.2. The zero-order valence-corrected chi connectivity index (χ0v) is 12.9. The van der Waals surface area contributed by atoms with Gasteiger partial charge in [0.1, 0.15) is 0 Å². The van der Waals surface area contributed by atoms with E-state index in [2.05, 4.69) is 9.55 Å². The summed E-state index contributed by atoms with van der Waals surface area (Å²) in [6.45, 7) is 1.85. The quantitative estimate of drug-likeness (QED) is 0.909. The highest BCUT2D eigenvalue weighted by atomic mass is 35.5. The summed E-state index contributed by atoms with van der Waals surface area (Å²) in [5.41, 5.74) is 1.76. The number of hydrogen-bond donors (Lipinski definition) is 1. The fourth-order valence-electron chi connectivity index (χ4n) is 3.41. The third-order valence-electron chi connectivity index (χ3n) is 4.32. The van der Waals surface area contributed by atoms with Crippen molar-refractivity contribution < 1.29 is 5.11 Å². The summed E-state index contributed by atoms with van der Waals surface area (Å²) in [7, 11) is 0. The van der Waals surface area contributed by atoms with Crippen LogP contribution in [0.2, 0.25) is 10.0 Å². The molecule has 1 aliphatic carbocycles. The molecule has 0 radical (unpaired) electrons. The molecule has 1 fully saturated rings. The van der Waals surface area contributed by atoms with E-state index in [1.807, 2.05) is 13.0 Å². The van der Waals surface area contributed by atoms with Crippen LogP contribution in [0.5, 0.6) is 0 Å². The minimum atomic E-state index is -0.412. The minimum Gasteiger partial charge on any atom is -0.391 e. The maximum Gasteiger partial charge on any atom is 0.0961 e. The van der Waals surface area contributed by atoms with E-state index in [0.29, 0.717) is 16.0 Å². The molecule has 2 unspecified atom stereocenters.